The van der Waals surface area contributed by atoms with Crippen LogP contribution in [0.5, 0.6) is 0 Å². The van der Waals surface area contributed by atoms with Crippen LogP contribution in [-0.2, 0) is 6.42 Å². The van der Waals surface area contributed by atoms with Gasteiger partial charge in [-0.1, -0.05) is 13.8 Å². The normalized spacial score (nSPS) is 16.1. The molecule has 0 aromatic heterocycles. The highest BCUT2D eigenvalue weighted by Gasteiger charge is 2.24. The molecule has 1 aromatic carbocycles. The van der Waals surface area contributed by atoms with Crippen molar-refractivity contribution in [2.24, 2.45) is 5.73 Å². The van der Waals surface area contributed by atoms with Gasteiger partial charge in [0.25, 0.3) is 0 Å². The van der Waals surface area contributed by atoms with E-state index in [2.05, 4.69) is 11.8 Å². The summed E-state index contributed by atoms with van der Waals surface area (Å²) in [6.07, 6.45) is 1.85. The summed E-state index contributed by atoms with van der Waals surface area (Å²) in [5, 5.41) is 0. The summed E-state index contributed by atoms with van der Waals surface area (Å²) in [5.74, 6) is 0.790. The van der Waals surface area contributed by atoms with Crippen molar-refractivity contribution >= 4 is 17.4 Å². The minimum atomic E-state index is -0.0949. The number of hydrogen-bond acceptors (Lipinski definition) is 3. The van der Waals surface area contributed by atoms with Gasteiger partial charge in [-0.3, -0.25) is 0 Å². The van der Waals surface area contributed by atoms with Crippen molar-refractivity contribution in [1.29, 1.82) is 0 Å². The van der Waals surface area contributed by atoms with Gasteiger partial charge in [-0.15, -0.1) is 11.8 Å². The second kappa shape index (κ2) is 5.27. The molecule has 1 unspecified atom stereocenters. The van der Waals surface area contributed by atoms with Crippen molar-refractivity contribution in [1.82, 2.24) is 0 Å². The van der Waals surface area contributed by atoms with Gasteiger partial charge in [0.05, 0.1) is 6.17 Å². The van der Waals surface area contributed by atoms with E-state index >= 15 is 0 Å². The molecule has 0 spiro atoms. The zero-order valence-corrected chi connectivity index (χ0v) is 11.2. The van der Waals surface area contributed by atoms with Crippen LogP contribution in [0.25, 0.3) is 0 Å². The topological polar surface area (TPSA) is 29.3 Å². The smallest absolute Gasteiger partial charge is 0.137 e. The van der Waals surface area contributed by atoms with Crippen LogP contribution in [0.3, 0.4) is 0 Å². The standard InChI is InChI=1S/C13H19FN2S/c1-3-13(15)16-6-5-9-7-10(14)12(17-4-2)8-11(9)16/h7-8,13H,3-6,15H2,1-2H3. The van der Waals surface area contributed by atoms with E-state index in [9.17, 15) is 4.39 Å². The fourth-order valence-corrected chi connectivity index (χ4v) is 2.95. The monoisotopic (exact) mass is 254 g/mol. The van der Waals surface area contributed by atoms with Gasteiger partial charge in [-0.25, -0.2) is 4.39 Å². The molecule has 4 heteroatoms. The van der Waals surface area contributed by atoms with E-state index in [1.807, 2.05) is 13.0 Å². The second-order valence-electron chi connectivity index (χ2n) is 4.26. The summed E-state index contributed by atoms with van der Waals surface area (Å²) in [4.78, 5) is 2.93. The van der Waals surface area contributed by atoms with Gasteiger partial charge in [0.15, 0.2) is 0 Å². The summed E-state index contributed by atoms with van der Waals surface area (Å²) in [7, 11) is 0. The minimum Gasteiger partial charge on any atom is -0.356 e. The fourth-order valence-electron chi connectivity index (χ4n) is 2.24. The zero-order valence-electron chi connectivity index (χ0n) is 10.4. The molecule has 94 valence electrons. The Hall–Kier alpha value is -0.740. The van der Waals surface area contributed by atoms with Crippen molar-refractivity contribution < 1.29 is 4.39 Å². The molecular formula is C13H19FN2S. The molecule has 2 nitrogen and oxygen atoms in total. The van der Waals surface area contributed by atoms with E-state index in [-0.39, 0.29) is 12.0 Å². The molecule has 0 saturated heterocycles. The van der Waals surface area contributed by atoms with E-state index in [1.54, 1.807) is 17.8 Å². The highest BCUT2D eigenvalue weighted by atomic mass is 32.2. The molecule has 0 saturated carbocycles. The molecule has 1 aromatic rings. The molecule has 0 bridgehead atoms. The Balaban J connectivity index is 2.34. The first kappa shape index (κ1) is 12.7. The van der Waals surface area contributed by atoms with E-state index in [4.69, 9.17) is 5.73 Å². The highest BCUT2D eigenvalue weighted by Crippen LogP contribution is 2.35. The average Bonchev–Trinajstić information content (AvgIpc) is 2.72. The lowest BCUT2D eigenvalue weighted by Gasteiger charge is -2.26. The Kier molecular flexibility index (Phi) is 3.94. The van der Waals surface area contributed by atoms with Crippen LogP contribution in [0.1, 0.15) is 25.8 Å². The summed E-state index contributed by atoms with van der Waals surface area (Å²) in [6.45, 7) is 5.02. The minimum absolute atomic E-state index is 0.0428. The van der Waals surface area contributed by atoms with Crippen LogP contribution < -0.4 is 10.6 Å². The van der Waals surface area contributed by atoms with Crippen molar-refractivity contribution in [2.75, 3.05) is 17.2 Å². The first-order valence-corrected chi connectivity index (χ1v) is 7.13. The van der Waals surface area contributed by atoms with Crippen molar-refractivity contribution in [3.8, 4) is 0 Å². The number of rotatable bonds is 4. The van der Waals surface area contributed by atoms with Crippen LogP contribution in [0.15, 0.2) is 17.0 Å². The summed E-state index contributed by atoms with van der Waals surface area (Å²) >= 11 is 1.55. The van der Waals surface area contributed by atoms with Crippen molar-refractivity contribution in [2.45, 2.75) is 37.8 Å². The molecule has 2 N–H and O–H groups in total. The van der Waals surface area contributed by atoms with Gasteiger partial charge in [0.2, 0.25) is 0 Å². The summed E-state index contributed by atoms with van der Waals surface area (Å²) < 4.78 is 13.8. The number of benzene rings is 1. The summed E-state index contributed by atoms with van der Waals surface area (Å²) in [5.41, 5.74) is 8.29. The van der Waals surface area contributed by atoms with E-state index in [1.165, 1.54) is 0 Å². The lowest BCUT2D eigenvalue weighted by molar-refractivity contribution is 0.598. The maximum absolute atomic E-state index is 13.8. The lowest BCUT2D eigenvalue weighted by atomic mass is 10.1. The molecule has 0 fully saturated rings. The van der Waals surface area contributed by atoms with Crippen LogP contribution in [-0.4, -0.2) is 18.5 Å². The maximum Gasteiger partial charge on any atom is 0.137 e. The van der Waals surface area contributed by atoms with E-state index in [0.717, 1.165) is 41.3 Å². The molecule has 1 aliphatic heterocycles. The van der Waals surface area contributed by atoms with Crippen LogP contribution in [0.2, 0.25) is 0 Å². The zero-order chi connectivity index (χ0) is 12.4. The first-order valence-electron chi connectivity index (χ1n) is 6.14. The van der Waals surface area contributed by atoms with Gasteiger partial charge < -0.3 is 10.6 Å². The molecular weight excluding hydrogens is 235 g/mol. The largest absolute Gasteiger partial charge is 0.356 e. The van der Waals surface area contributed by atoms with Gasteiger partial charge in [0, 0.05) is 17.1 Å². The molecule has 1 heterocycles. The Bertz CT molecular complexity index is 409. The second-order valence-corrected chi connectivity index (χ2v) is 5.57. The van der Waals surface area contributed by atoms with E-state index in [0.29, 0.717) is 0 Å². The van der Waals surface area contributed by atoms with Gasteiger partial charge in [-0.2, -0.15) is 0 Å². The molecule has 0 amide bonds. The Morgan fingerprint density at radius 2 is 2.24 bits per heavy atom. The molecule has 17 heavy (non-hydrogen) atoms. The molecule has 1 aliphatic rings. The molecule has 1 atom stereocenters. The molecule has 2 rings (SSSR count). The first-order chi connectivity index (χ1) is 8.17. The predicted octanol–water partition coefficient (Wildman–Crippen LogP) is 3.00. The average molecular weight is 254 g/mol. The number of halogens is 1. The van der Waals surface area contributed by atoms with Crippen molar-refractivity contribution in [3.63, 3.8) is 0 Å². The Morgan fingerprint density at radius 1 is 1.47 bits per heavy atom. The number of hydrogen-bond donors (Lipinski definition) is 1. The van der Waals surface area contributed by atoms with Crippen molar-refractivity contribution in [3.05, 3.63) is 23.5 Å². The van der Waals surface area contributed by atoms with E-state index < -0.39 is 0 Å². The number of nitrogens with two attached hydrogens (primary N) is 1. The quantitative estimate of drug-likeness (QED) is 0.838. The van der Waals surface area contributed by atoms with Crippen LogP contribution >= 0.6 is 11.8 Å². The summed E-state index contributed by atoms with van der Waals surface area (Å²) in [6, 6.07) is 3.64. The molecule has 0 radical (unpaired) electrons. The predicted molar refractivity (Wildman–Crippen MR) is 72.1 cm³/mol. The fraction of sp³-hybridized carbons (Fsp3) is 0.538. The number of fused-ring (bicyclic) bond motifs is 1. The Morgan fingerprint density at radius 3 is 2.88 bits per heavy atom. The number of thioether (sulfide) groups is 1. The van der Waals surface area contributed by atoms with Crippen LogP contribution in [0.4, 0.5) is 10.1 Å². The highest BCUT2D eigenvalue weighted by molar-refractivity contribution is 7.99. The molecule has 0 aliphatic carbocycles. The third kappa shape index (κ3) is 2.43. The third-order valence-corrected chi connectivity index (χ3v) is 4.10. The number of anilines is 1. The lowest BCUT2D eigenvalue weighted by Crippen LogP contribution is -2.40. The third-order valence-electron chi connectivity index (χ3n) is 3.18. The SMILES string of the molecule is CCSc1cc2c(cc1F)CCN2C(N)CC. The Labute approximate surface area is 106 Å². The maximum atomic E-state index is 13.8. The van der Waals surface area contributed by atoms with Gasteiger partial charge in [0.1, 0.15) is 5.82 Å². The van der Waals surface area contributed by atoms with Gasteiger partial charge in [-0.05, 0) is 36.3 Å². The van der Waals surface area contributed by atoms with Gasteiger partial charge >= 0.3 is 0 Å². The van der Waals surface area contributed by atoms with Crippen LogP contribution in [0, 0.1) is 5.82 Å². The number of nitrogens with zero attached hydrogens (tertiary/aromatic N) is 1.